The summed E-state index contributed by atoms with van der Waals surface area (Å²) in [5.41, 5.74) is 4.37. The lowest BCUT2D eigenvalue weighted by Gasteiger charge is -2.14. The van der Waals surface area contributed by atoms with Crippen LogP contribution in [0.3, 0.4) is 0 Å². The minimum atomic E-state index is -1.19. The molecule has 0 unspecified atom stereocenters. The van der Waals surface area contributed by atoms with E-state index in [9.17, 15) is 9.90 Å². The fraction of sp³-hybridized carbons (Fsp3) is 0.0500. The summed E-state index contributed by atoms with van der Waals surface area (Å²) in [4.78, 5) is 11.2. The maximum absolute atomic E-state index is 11.2. The Bertz CT molecular complexity index is 919. The second kappa shape index (κ2) is 6.08. The summed E-state index contributed by atoms with van der Waals surface area (Å²) >= 11 is 0. The van der Waals surface area contributed by atoms with Gasteiger partial charge in [0.2, 0.25) is 0 Å². The van der Waals surface area contributed by atoms with E-state index < -0.39 is 5.97 Å². The van der Waals surface area contributed by atoms with Crippen LogP contribution in [-0.4, -0.2) is 22.5 Å². The van der Waals surface area contributed by atoms with Crippen LogP contribution in [0.5, 0.6) is 0 Å². The van der Waals surface area contributed by atoms with Crippen LogP contribution in [0.1, 0.15) is 11.1 Å². The van der Waals surface area contributed by atoms with Crippen molar-refractivity contribution in [1.29, 1.82) is 10.8 Å². The molecule has 4 heteroatoms. The Balaban J connectivity index is 1.98. The zero-order chi connectivity index (χ0) is 17.3. The van der Waals surface area contributed by atoms with E-state index in [1.807, 2.05) is 36.4 Å². The van der Waals surface area contributed by atoms with Gasteiger partial charge in [-0.05, 0) is 46.9 Å². The maximum atomic E-state index is 11.2. The molecule has 0 heterocycles. The molecule has 0 spiro atoms. The molecule has 0 saturated heterocycles. The van der Waals surface area contributed by atoms with Gasteiger partial charge in [0.1, 0.15) is 0 Å². The van der Waals surface area contributed by atoms with Crippen LogP contribution >= 0.6 is 0 Å². The summed E-state index contributed by atoms with van der Waals surface area (Å²) in [5, 5.41) is 24.7. The topological polar surface area (TPSA) is 85.0 Å². The normalized spacial score (nSPS) is 14.2. The van der Waals surface area contributed by atoms with Gasteiger partial charge in [-0.15, -0.1) is 0 Å². The van der Waals surface area contributed by atoms with E-state index in [0.29, 0.717) is 5.57 Å². The summed E-state index contributed by atoms with van der Waals surface area (Å²) in [6.45, 7) is 2.06. The Kier molecular flexibility index (Phi) is 3.96. The molecule has 2 aromatic carbocycles. The average molecular weight is 316 g/mol. The first-order valence-electron chi connectivity index (χ1n) is 7.48. The highest BCUT2D eigenvalue weighted by Gasteiger charge is 2.22. The Labute approximate surface area is 139 Å². The van der Waals surface area contributed by atoms with Crippen molar-refractivity contribution < 1.29 is 9.90 Å². The van der Waals surface area contributed by atoms with Crippen molar-refractivity contribution >= 4 is 23.0 Å². The van der Waals surface area contributed by atoms with Gasteiger partial charge in [0.15, 0.2) is 0 Å². The van der Waals surface area contributed by atoms with E-state index in [0.717, 1.165) is 16.7 Å². The second-order valence-corrected chi connectivity index (χ2v) is 5.64. The number of benzene rings is 2. The van der Waals surface area contributed by atoms with Crippen LogP contribution in [0.2, 0.25) is 0 Å². The molecule has 0 radical (unpaired) electrons. The van der Waals surface area contributed by atoms with Crippen molar-refractivity contribution in [3.63, 3.8) is 0 Å². The van der Waals surface area contributed by atoms with Gasteiger partial charge in [0.05, 0.1) is 17.0 Å². The number of aliphatic carboxylic acids is 1. The third-order valence-electron chi connectivity index (χ3n) is 4.04. The molecule has 0 bridgehead atoms. The van der Waals surface area contributed by atoms with E-state index in [2.05, 4.69) is 19.1 Å². The minimum Gasteiger partial charge on any atom is -0.478 e. The van der Waals surface area contributed by atoms with Gasteiger partial charge in [-0.1, -0.05) is 48.5 Å². The smallest absolute Gasteiger partial charge is 0.337 e. The van der Waals surface area contributed by atoms with Gasteiger partial charge in [-0.3, -0.25) is 10.8 Å². The maximum Gasteiger partial charge on any atom is 0.337 e. The van der Waals surface area contributed by atoms with E-state index in [1.165, 1.54) is 17.7 Å². The summed E-state index contributed by atoms with van der Waals surface area (Å²) in [7, 11) is 0. The van der Waals surface area contributed by atoms with Crippen molar-refractivity contribution in [3.8, 4) is 11.1 Å². The van der Waals surface area contributed by atoms with Crippen LogP contribution in [0, 0.1) is 17.7 Å². The Morgan fingerprint density at radius 3 is 2.17 bits per heavy atom. The summed E-state index contributed by atoms with van der Waals surface area (Å²) in [5.74, 6) is -1.19. The predicted molar refractivity (Wildman–Crippen MR) is 95.8 cm³/mol. The summed E-state index contributed by atoms with van der Waals surface area (Å²) < 4.78 is 0. The lowest BCUT2D eigenvalue weighted by molar-refractivity contribution is -0.132. The van der Waals surface area contributed by atoms with Gasteiger partial charge in [-0.2, -0.15) is 0 Å². The molecule has 118 valence electrons. The predicted octanol–water partition coefficient (Wildman–Crippen LogP) is 4.11. The van der Waals surface area contributed by atoms with E-state index in [4.69, 9.17) is 10.8 Å². The molecule has 0 aromatic heterocycles. The van der Waals surface area contributed by atoms with Crippen LogP contribution in [0.4, 0.5) is 0 Å². The summed E-state index contributed by atoms with van der Waals surface area (Å²) in [6, 6.07) is 15.9. The van der Waals surface area contributed by atoms with Gasteiger partial charge in [0.25, 0.3) is 0 Å². The van der Waals surface area contributed by atoms with Crippen LogP contribution in [0.25, 0.3) is 16.7 Å². The van der Waals surface area contributed by atoms with Gasteiger partial charge in [-0.25, -0.2) is 4.79 Å². The molecular weight excluding hydrogens is 300 g/mol. The van der Waals surface area contributed by atoms with Crippen molar-refractivity contribution in [2.45, 2.75) is 6.92 Å². The van der Waals surface area contributed by atoms with Crippen LogP contribution in [0.15, 0.2) is 66.3 Å². The molecule has 0 aliphatic heterocycles. The third-order valence-corrected chi connectivity index (χ3v) is 4.04. The van der Waals surface area contributed by atoms with E-state index in [1.54, 1.807) is 0 Å². The number of carboxylic acids is 1. The minimum absolute atomic E-state index is 0.0899. The number of rotatable bonds is 3. The number of nitrogens with one attached hydrogen (secondary N) is 2. The molecule has 0 amide bonds. The van der Waals surface area contributed by atoms with Crippen molar-refractivity contribution in [3.05, 3.63) is 77.4 Å². The Hall–Kier alpha value is -3.27. The molecular formula is C20H16N2O2. The zero-order valence-corrected chi connectivity index (χ0v) is 13.1. The second-order valence-electron chi connectivity index (χ2n) is 5.64. The molecule has 0 saturated carbocycles. The average Bonchev–Trinajstić information content (AvgIpc) is 2.57. The molecule has 1 aliphatic rings. The highest BCUT2D eigenvalue weighted by atomic mass is 16.4. The first-order valence-corrected chi connectivity index (χ1v) is 7.48. The molecule has 1 aliphatic carbocycles. The zero-order valence-electron chi connectivity index (χ0n) is 13.1. The molecule has 2 aromatic rings. The largest absolute Gasteiger partial charge is 0.478 e. The van der Waals surface area contributed by atoms with Gasteiger partial charge >= 0.3 is 5.97 Å². The number of carboxylic acid groups (broad SMARTS) is 1. The first kappa shape index (κ1) is 15.6. The highest BCUT2D eigenvalue weighted by molar-refractivity contribution is 6.56. The molecule has 0 fully saturated rings. The van der Waals surface area contributed by atoms with Gasteiger partial charge in [0, 0.05) is 0 Å². The van der Waals surface area contributed by atoms with Gasteiger partial charge < -0.3 is 5.11 Å². The monoisotopic (exact) mass is 316 g/mol. The number of aryl methyl sites for hydroxylation is 1. The molecule has 4 nitrogen and oxygen atoms in total. The Morgan fingerprint density at radius 2 is 1.54 bits per heavy atom. The number of allylic oxidation sites excluding steroid dienone is 3. The first-order chi connectivity index (χ1) is 11.5. The molecule has 3 rings (SSSR count). The van der Waals surface area contributed by atoms with E-state index in [-0.39, 0.29) is 17.0 Å². The lowest BCUT2D eigenvalue weighted by Crippen LogP contribution is -2.21. The quantitative estimate of drug-likeness (QED) is 0.744. The Morgan fingerprint density at radius 1 is 0.917 bits per heavy atom. The summed E-state index contributed by atoms with van der Waals surface area (Å²) in [6.07, 6.45) is 2.98. The standard InChI is InChI=1S/C20H16N2O2/c1-12-4-2-3-5-16(12)14-8-6-13(7-9-14)15-10-17(20(23)24)19(22)18(21)11-15/h2-11,21-22H,1H3,(H,23,24). The lowest BCUT2D eigenvalue weighted by atomic mass is 9.91. The van der Waals surface area contributed by atoms with E-state index >= 15 is 0 Å². The van der Waals surface area contributed by atoms with Crippen molar-refractivity contribution in [1.82, 2.24) is 0 Å². The third kappa shape index (κ3) is 2.82. The number of hydrogen-bond donors (Lipinski definition) is 3. The fourth-order valence-corrected chi connectivity index (χ4v) is 2.72. The highest BCUT2D eigenvalue weighted by Crippen LogP contribution is 2.27. The number of hydrogen-bond acceptors (Lipinski definition) is 3. The molecule has 3 N–H and O–H groups in total. The SMILES string of the molecule is Cc1ccccc1-c1ccc(C2=CC(=N)C(=N)C(C(=O)O)=C2)cc1. The van der Waals surface area contributed by atoms with Crippen molar-refractivity contribution in [2.24, 2.45) is 0 Å². The van der Waals surface area contributed by atoms with Crippen LogP contribution in [-0.2, 0) is 4.79 Å². The van der Waals surface area contributed by atoms with Crippen molar-refractivity contribution in [2.75, 3.05) is 0 Å². The molecule has 24 heavy (non-hydrogen) atoms. The molecule has 0 atom stereocenters. The van der Waals surface area contributed by atoms with Crippen LogP contribution < -0.4 is 0 Å². The fourth-order valence-electron chi connectivity index (χ4n) is 2.72. The number of carbonyl (C=O) groups is 1.